The number of rotatable bonds is 5. The Balaban J connectivity index is 2.62. The number of amides is 2. The Morgan fingerprint density at radius 1 is 1.44 bits per heavy atom. The lowest BCUT2D eigenvalue weighted by atomic mass is 10.3. The van der Waals surface area contributed by atoms with E-state index in [1.807, 2.05) is 0 Å². The van der Waals surface area contributed by atoms with Crippen LogP contribution in [0.3, 0.4) is 0 Å². The highest BCUT2D eigenvalue weighted by Gasteiger charge is 2.09. The Bertz CT molecular complexity index is 435. The van der Waals surface area contributed by atoms with Crippen molar-refractivity contribution in [2.45, 2.75) is 11.8 Å². The molecule has 0 saturated carbocycles. The fourth-order valence-corrected chi connectivity index (χ4v) is 1.24. The number of hydrogen-bond donors (Lipinski definition) is 2. The standard InChI is InChI=1S/C12H15BrN2O3/c1-8(13)12(17)15-9-4-3-5-10(6-9)18-7-11(16)14-2/h3-6,8H,7H2,1-2H3,(H,14,16)(H,15,17). The van der Waals surface area contributed by atoms with Gasteiger partial charge >= 0.3 is 0 Å². The third-order valence-electron chi connectivity index (χ3n) is 2.11. The zero-order chi connectivity index (χ0) is 13.5. The van der Waals surface area contributed by atoms with Crippen molar-refractivity contribution in [2.75, 3.05) is 19.0 Å². The molecule has 0 aliphatic rings. The smallest absolute Gasteiger partial charge is 0.257 e. The maximum absolute atomic E-state index is 11.5. The minimum Gasteiger partial charge on any atom is -0.484 e. The molecule has 0 aliphatic carbocycles. The molecule has 5 nitrogen and oxygen atoms in total. The molecular weight excluding hydrogens is 300 g/mol. The first-order valence-electron chi connectivity index (χ1n) is 5.41. The maximum atomic E-state index is 11.5. The van der Waals surface area contributed by atoms with Crippen LogP contribution in [0.15, 0.2) is 24.3 Å². The highest BCUT2D eigenvalue weighted by Crippen LogP contribution is 2.18. The zero-order valence-corrected chi connectivity index (χ0v) is 11.8. The molecule has 1 rings (SSSR count). The molecular formula is C12H15BrN2O3. The molecule has 6 heteroatoms. The molecule has 1 unspecified atom stereocenters. The van der Waals surface area contributed by atoms with Crippen LogP contribution >= 0.6 is 15.9 Å². The summed E-state index contributed by atoms with van der Waals surface area (Å²) >= 11 is 3.18. The Morgan fingerprint density at radius 2 is 2.17 bits per heavy atom. The first kappa shape index (κ1) is 14.5. The molecule has 2 amide bonds. The van der Waals surface area contributed by atoms with Crippen molar-refractivity contribution >= 4 is 33.4 Å². The lowest BCUT2D eigenvalue weighted by Crippen LogP contribution is -2.24. The second-order valence-electron chi connectivity index (χ2n) is 3.59. The van der Waals surface area contributed by atoms with E-state index in [0.717, 1.165) is 0 Å². The topological polar surface area (TPSA) is 67.4 Å². The van der Waals surface area contributed by atoms with Crippen LogP contribution in [0, 0.1) is 0 Å². The van der Waals surface area contributed by atoms with E-state index in [1.165, 1.54) is 0 Å². The molecule has 2 N–H and O–H groups in total. The molecule has 1 atom stereocenters. The van der Waals surface area contributed by atoms with E-state index in [0.29, 0.717) is 11.4 Å². The summed E-state index contributed by atoms with van der Waals surface area (Å²) in [5.74, 6) is 0.176. The molecule has 98 valence electrons. The number of halogens is 1. The lowest BCUT2D eigenvalue weighted by molar-refractivity contribution is -0.122. The number of carbonyl (C=O) groups excluding carboxylic acids is 2. The molecule has 0 spiro atoms. The monoisotopic (exact) mass is 314 g/mol. The van der Waals surface area contributed by atoms with Gasteiger partial charge in [-0.2, -0.15) is 0 Å². The Morgan fingerprint density at radius 3 is 2.78 bits per heavy atom. The first-order chi connectivity index (χ1) is 8.52. The zero-order valence-electron chi connectivity index (χ0n) is 10.2. The van der Waals surface area contributed by atoms with Crippen LogP contribution in [0.5, 0.6) is 5.75 Å². The summed E-state index contributed by atoms with van der Waals surface area (Å²) in [4.78, 5) is 22.2. The predicted molar refractivity (Wildman–Crippen MR) is 73.0 cm³/mol. The summed E-state index contributed by atoms with van der Waals surface area (Å²) in [5, 5.41) is 5.17. The average molecular weight is 315 g/mol. The molecule has 0 fully saturated rings. The van der Waals surface area contributed by atoms with Crippen LogP contribution in [0.2, 0.25) is 0 Å². The van der Waals surface area contributed by atoms with Crippen molar-refractivity contribution in [3.63, 3.8) is 0 Å². The number of nitrogens with one attached hydrogen (secondary N) is 2. The number of carbonyl (C=O) groups is 2. The molecule has 0 saturated heterocycles. The highest BCUT2D eigenvalue weighted by atomic mass is 79.9. The van der Waals surface area contributed by atoms with Gasteiger partial charge < -0.3 is 15.4 Å². The minimum absolute atomic E-state index is 0.0528. The predicted octanol–water partition coefficient (Wildman–Crippen LogP) is 1.53. The second kappa shape index (κ2) is 7.00. The second-order valence-corrected chi connectivity index (χ2v) is 4.97. The summed E-state index contributed by atoms with van der Waals surface area (Å²) in [6.45, 7) is 1.68. The van der Waals surface area contributed by atoms with Gasteiger partial charge in [0, 0.05) is 18.8 Å². The van der Waals surface area contributed by atoms with Crippen molar-refractivity contribution in [3.05, 3.63) is 24.3 Å². The van der Waals surface area contributed by atoms with Gasteiger partial charge in [0.05, 0.1) is 4.83 Å². The van der Waals surface area contributed by atoms with Gasteiger partial charge in [-0.3, -0.25) is 9.59 Å². The van der Waals surface area contributed by atoms with Gasteiger partial charge in [0.25, 0.3) is 5.91 Å². The van der Waals surface area contributed by atoms with Crippen LogP contribution in [0.4, 0.5) is 5.69 Å². The largest absolute Gasteiger partial charge is 0.484 e. The first-order valence-corrected chi connectivity index (χ1v) is 6.33. The van der Waals surface area contributed by atoms with Crippen molar-refractivity contribution in [1.82, 2.24) is 5.32 Å². The fourth-order valence-electron chi connectivity index (χ4n) is 1.13. The molecule has 0 aliphatic heterocycles. The highest BCUT2D eigenvalue weighted by molar-refractivity contribution is 9.10. The van der Waals surface area contributed by atoms with Gasteiger partial charge in [-0.05, 0) is 19.1 Å². The van der Waals surface area contributed by atoms with Gasteiger partial charge in [0.1, 0.15) is 5.75 Å². The summed E-state index contributed by atoms with van der Waals surface area (Å²) < 4.78 is 5.27. The summed E-state index contributed by atoms with van der Waals surface area (Å²) in [6, 6.07) is 6.88. The van der Waals surface area contributed by atoms with E-state index in [2.05, 4.69) is 26.6 Å². The number of anilines is 1. The van der Waals surface area contributed by atoms with Gasteiger partial charge in [-0.15, -0.1) is 0 Å². The van der Waals surface area contributed by atoms with Crippen LogP contribution in [0.25, 0.3) is 0 Å². The number of ether oxygens (including phenoxy) is 1. The van der Waals surface area contributed by atoms with Gasteiger partial charge in [0.2, 0.25) is 5.91 Å². The number of hydrogen-bond acceptors (Lipinski definition) is 3. The summed E-state index contributed by atoms with van der Waals surface area (Å²) in [5.41, 5.74) is 0.626. The molecule has 0 heterocycles. The Kier molecular flexibility index (Phi) is 5.64. The van der Waals surface area contributed by atoms with Crippen LogP contribution in [0.1, 0.15) is 6.92 Å². The fraction of sp³-hybridized carbons (Fsp3) is 0.333. The Hall–Kier alpha value is -1.56. The quantitative estimate of drug-likeness (QED) is 0.810. The van der Waals surface area contributed by atoms with Crippen LogP contribution in [-0.2, 0) is 9.59 Å². The number of benzene rings is 1. The summed E-state index contributed by atoms with van der Waals surface area (Å²) in [6.07, 6.45) is 0. The van der Waals surface area contributed by atoms with Crippen LogP contribution < -0.4 is 15.4 Å². The summed E-state index contributed by atoms with van der Waals surface area (Å²) in [7, 11) is 1.54. The van der Waals surface area contributed by atoms with Crippen LogP contribution in [-0.4, -0.2) is 30.3 Å². The van der Waals surface area contributed by atoms with E-state index in [1.54, 1.807) is 38.2 Å². The molecule has 0 bridgehead atoms. The van der Waals surface area contributed by atoms with E-state index < -0.39 is 0 Å². The Labute approximate surface area is 114 Å². The molecule has 1 aromatic carbocycles. The van der Waals surface area contributed by atoms with Gasteiger partial charge in [-0.1, -0.05) is 22.0 Å². The van der Waals surface area contributed by atoms with Crippen molar-refractivity contribution < 1.29 is 14.3 Å². The molecule has 1 aromatic rings. The SMILES string of the molecule is CNC(=O)COc1cccc(NC(=O)C(C)Br)c1. The molecule has 18 heavy (non-hydrogen) atoms. The van der Waals surface area contributed by atoms with Gasteiger partial charge in [0.15, 0.2) is 6.61 Å². The van der Waals surface area contributed by atoms with E-state index in [4.69, 9.17) is 4.74 Å². The van der Waals surface area contributed by atoms with Crippen molar-refractivity contribution in [1.29, 1.82) is 0 Å². The third kappa shape index (κ3) is 4.75. The van der Waals surface area contributed by atoms with Crippen molar-refractivity contribution in [3.8, 4) is 5.75 Å². The van der Waals surface area contributed by atoms with E-state index in [9.17, 15) is 9.59 Å². The average Bonchev–Trinajstić information content (AvgIpc) is 2.36. The number of likely N-dealkylation sites (N-methyl/N-ethyl adjacent to an activating group) is 1. The van der Waals surface area contributed by atoms with E-state index >= 15 is 0 Å². The normalized spacial score (nSPS) is 11.5. The third-order valence-corrected chi connectivity index (χ3v) is 2.53. The molecule has 0 radical (unpaired) electrons. The number of alkyl halides is 1. The lowest BCUT2D eigenvalue weighted by Gasteiger charge is -2.09. The maximum Gasteiger partial charge on any atom is 0.257 e. The van der Waals surface area contributed by atoms with Gasteiger partial charge in [-0.25, -0.2) is 0 Å². The van der Waals surface area contributed by atoms with E-state index in [-0.39, 0.29) is 23.2 Å². The molecule has 0 aromatic heterocycles. The van der Waals surface area contributed by atoms with Crippen molar-refractivity contribution in [2.24, 2.45) is 0 Å². The minimum atomic E-state index is -0.270.